The normalized spacial score (nSPS) is 16.0. The van der Waals surface area contributed by atoms with Gasteiger partial charge >= 0.3 is 12.5 Å². The van der Waals surface area contributed by atoms with Gasteiger partial charge in [0.05, 0.1) is 10.7 Å². The van der Waals surface area contributed by atoms with E-state index < -0.39 is 24.1 Å². The minimum Gasteiger partial charge on any atom is -0.444 e. The molecular weight excluding hydrogens is 535 g/mol. The highest BCUT2D eigenvalue weighted by molar-refractivity contribution is 6.33. The van der Waals surface area contributed by atoms with E-state index in [2.05, 4.69) is 10.1 Å². The van der Waals surface area contributed by atoms with Gasteiger partial charge in [-0.3, -0.25) is 9.69 Å². The molecule has 1 atom stereocenters. The molecule has 1 fully saturated rings. The van der Waals surface area contributed by atoms with E-state index in [1.165, 1.54) is 17.0 Å². The van der Waals surface area contributed by atoms with Crippen LogP contribution in [0, 0.1) is 0 Å². The van der Waals surface area contributed by atoms with Crippen molar-refractivity contribution in [1.29, 1.82) is 0 Å². The molecule has 39 heavy (non-hydrogen) atoms. The molecule has 1 N–H and O–H groups in total. The lowest BCUT2D eigenvalue weighted by atomic mass is 10.0. The molecule has 214 valence electrons. The van der Waals surface area contributed by atoms with Crippen molar-refractivity contribution in [2.45, 2.75) is 77.9 Å². The van der Waals surface area contributed by atoms with E-state index in [0.717, 1.165) is 30.5 Å². The number of likely N-dealkylation sites (tertiary alicyclic amines) is 1. The van der Waals surface area contributed by atoms with Crippen LogP contribution in [0.2, 0.25) is 5.02 Å². The first-order valence-corrected chi connectivity index (χ1v) is 13.3. The predicted octanol–water partition coefficient (Wildman–Crippen LogP) is 7.38. The van der Waals surface area contributed by atoms with Crippen molar-refractivity contribution >= 4 is 35.0 Å². The van der Waals surface area contributed by atoms with Crippen molar-refractivity contribution in [3.05, 3.63) is 53.1 Å². The Morgan fingerprint density at radius 3 is 2.38 bits per heavy atom. The molecule has 11 heteroatoms. The maximum absolute atomic E-state index is 13.1. The number of carbonyl (C=O) groups excluding carboxylic acids is 2. The predicted molar refractivity (Wildman–Crippen MR) is 145 cm³/mol. The fraction of sp³-hybridized carbons (Fsp3) is 0.500. The van der Waals surface area contributed by atoms with Gasteiger partial charge in [0.2, 0.25) is 5.91 Å². The quantitative estimate of drug-likeness (QED) is 0.359. The highest BCUT2D eigenvalue weighted by Crippen LogP contribution is 2.31. The topological polar surface area (TPSA) is 71.1 Å². The second-order valence-electron chi connectivity index (χ2n) is 10.5. The Bertz CT molecular complexity index is 1140. The molecule has 0 aromatic heterocycles. The summed E-state index contributed by atoms with van der Waals surface area (Å²) >= 11 is 6.62. The Kier molecular flexibility index (Phi) is 9.98. The average Bonchev–Trinajstić information content (AvgIpc) is 2.83. The Hall–Kier alpha value is -3.14. The molecule has 1 saturated heterocycles. The number of benzene rings is 2. The molecule has 1 heterocycles. The zero-order chi connectivity index (χ0) is 28.8. The first-order chi connectivity index (χ1) is 18.3. The molecule has 2 aromatic rings. The Morgan fingerprint density at radius 1 is 1.10 bits per heavy atom. The molecular formula is C28H35ClF3N3O4. The number of carbonyl (C=O) groups is 2. The largest absolute Gasteiger partial charge is 0.573 e. The highest BCUT2D eigenvalue weighted by Gasteiger charge is 2.35. The lowest BCUT2D eigenvalue weighted by Crippen LogP contribution is -2.51. The summed E-state index contributed by atoms with van der Waals surface area (Å²) in [7, 11) is 0. The highest BCUT2D eigenvalue weighted by atomic mass is 35.5. The SMILES string of the molecule is CCCN(Cc1ccc(OC(F)(F)F)cc1)c1ccc(NC(=O)[C@H]2CCCCN2C(=O)OC(C)(C)C)cc1Cl. The monoisotopic (exact) mass is 569 g/mol. The zero-order valence-corrected chi connectivity index (χ0v) is 23.4. The number of anilines is 2. The van der Waals surface area contributed by atoms with Gasteiger partial charge in [-0.05, 0) is 82.3 Å². The van der Waals surface area contributed by atoms with Gasteiger partial charge in [0.15, 0.2) is 0 Å². The number of alkyl halides is 3. The maximum atomic E-state index is 13.1. The van der Waals surface area contributed by atoms with Crippen LogP contribution in [0.1, 0.15) is 58.9 Å². The van der Waals surface area contributed by atoms with Crippen molar-refractivity contribution in [1.82, 2.24) is 4.90 Å². The van der Waals surface area contributed by atoms with Crippen LogP contribution in [0.15, 0.2) is 42.5 Å². The molecule has 0 saturated carbocycles. The van der Waals surface area contributed by atoms with Gasteiger partial charge < -0.3 is 19.7 Å². The third-order valence-corrected chi connectivity index (χ3v) is 6.32. The summed E-state index contributed by atoms with van der Waals surface area (Å²) in [6.07, 6.45) is -2.28. The van der Waals surface area contributed by atoms with Crippen LogP contribution >= 0.6 is 11.6 Å². The van der Waals surface area contributed by atoms with Crippen molar-refractivity contribution in [2.24, 2.45) is 0 Å². The van der Waals surface area contributed by atoms with Gasteiger partial charge in [0, 0.05) is 25.3 Å². The Morgan fingerprint density at radius 2 is 1.79 bits per heavy atom. The molecule has 0 unspecified atom stereocenters. The number of nitrogens with one attached hydrogen (secondary N) is 1. The fourth-order valence-electron chi connectivity index (χ4n) is 4.38. The van der Waals surface area contributed by atoms with Gasteiger partial charge in [-0.1, -0.05) is 30.7 Å². The van der Waals surface area contributed by atoms with Crippen LogP contribution in [0.3, 0.4) is 0 Å². The second kappa shape index (κ2) is 12.8. The molecule has 2 amide bonds. The van der Waals surface area contributed by atoms with E-state index in [4.69, 9.17) is 16.3 Å². The smallest absolute Gasteiger partial charge is 0.444 e. The number of rotatable bonds is 8. The summed E-state index contributed by atoms with van der Waals surface area (Å²) in [6, 6.07) is 10.2. The third kappa shape index (κ3) is 9.23. The van der Waals surface area contributed by atoms with Crippen LogP contribution in [-0.4, -0.2) is 48.0 Å². The summed E-state index contributed by atoms with van der Waals surface area (Å²) in [4.78, 5) is 29.3. The lowest BCUT2D eigenvalue weighted by Gasteiger charge is -2.35. The second-order valence-corrected chi connectivity index (χ2v) is 10.9. The zero-order valence-electron chi connectivity index (χ0n) is 22.6. The Balaban J connectivity index is 1.70. The molecule has 1 aliphatic rings. The van der Waals surface area contributed by atoms with Gasteiger partial charge in [0.25, 0.3) is 0 Å². The van der Waals surface area contributed by atoms with E-state index in [0.29, 0.717) is 36.8 Å². The number of halogens is 4. The summed E-state index contributed by atoms with van der Waals surface area (Å²) in [6.45, 7) is 8.88. The number of hydrogen-bond acceptors (Lipinski definition) is 5. The van der Waals surface area contributed by atoms with E-state index in [9.17, 15) is 22.8 Å². The van der Waals surface area contributed by atoms with E-state index >= 15 is 0 Å². The Labute approximate surface area is 232 Å². The molecule has 0 aliphatic carbocycles. The summed E-state index contributed by atoms with van der Waals surface area (Å²) in [5.74, 6) is -0.592. The number of hydrogen-bond donors (Lipinski definition) is 1. The molecule has 0 radical (unpaired) electrons. The average molecular weight is 570 g/mol. The summed E-state index contributed by atoms with van der Waals surface area (Å²) in [5, 5.41) is 3.28. The molecule has 0 bridgehead atoms. The van der Waals surface area contributed by atoms with Gasteiger partial charge in [-0.2, -0.15) is 0 Å². The molecule has 3 rings (SSSR count). The van der Waals surface area contributed by atoms with Crippen LogP contribution < -0.4 is 15.0 Å². The summed E-state index contributed by atoms with van der Waals surface area (Å²) in [5.41, 5.74) is 1.34. The number of ether oxygens (including phenoxy) is 2. The van der Waals surface area contributed by atoms with E-state index in [-0.39, 0.29) is 11.7 Å². The first kappa shape index (κ1) is 30.4. The van der Waals surface area contributed by atoms with Gasteiger partial charge in [0.1, 0.15) is 17.4 Å². The lowest BCUT2D eigenvalue weighted by molar-refractivity contribution is -0.274. The minimum atomic E-state index is -4.74. The van der Waals surface area contributed by atoms with E-state index in [1.807, 2.05) is 11.8 Å². The van der Waals surface area contributed by atoms with Crippen LogP contribution in [-0.2, 0) is 16.1 Å². The van der Waals surface area contributed by atoms with Crippen molar-refractivity contribution in [3.63, 3.8) is 0 Å². The molecule has 2 aromatic carbocycles. The number of nitrogens with zero attached hydrogens (tertiary/aromatic N) is 2. The van der Waals surface area contributed by atoms with Gasteiger partial charge in [-0.15, -0.1) is 13.2 Å². The number of piperidine rings is 1. The minimum absolute atomic E-state index is 0.283. The van der Waals surface area contributed by atoms with Gasteiger partial charge in [-0.25, -0.2) is 4.79 Å². The third-order valence-electron chi connectivity index (χ3n) is 6.01. The van der Waals surface area contributed by atoms with Crippen LogP contribution in [0.25, 0.3) is 0 Å². The van der Waals surface area contributed by atoms with Crippen molar-refractivity contribution < 1.29 is 32.2 Å². The first-order valence-electron chi connectivity index (χ1n) is 13.0. The maximum Gasteiger partial charge on any atom is 0.573 e. The molecule has 7 nitrogen and oxygen atoms in total. The standard InChI is InChI=1S/C28H35ClF3N3O4/c1-5-15-34(18-19-9-12-21(13-10-19)38-28(30,31)32)23-14-11-20(17-22(23)29)33-25(36)24-8-6-7-16-35(24)26(37)39-27(2,3)4/h9-14,17,24H,5-8,15-16,18H2,1-4H3,(H,33,36)/t24-/m1/s1. The van der Waals surface area contributed by atoms with Crippen LogP contribution in [0.4, 0.5) is 29.3 Å². The summed E-state index contributed by atoms with van der Waals surface area (Å²) < 4.78 is 46.8. The molecule has 1 aliphatic heterocycles. The van der Waals surface area contributed by atoms with Crippen molar-refractivity contribution in [2.75, 3.05) is 23.3 Å². The van der Waals surface area contributed by atoms with E-state index in [1.54, 1.807) is 51.1 Å². The van der Waals surface area contributed by atoms with Crippen molar-refractivity contribution in [3.8, 4) is 5.75 Å². The van der Waals surface area contributed by atoms with Crippen LogP contribution in [0.5, 0.6) is 5.75 Å². The fourth-order valence-corrected chi connectivity index (χ4v) is 4.68. The molecule has 0 spiro atoms. The number of amides is 2.